The molecule has 0 bridgehead atoms. The maximum absolute atomic E-state index is 11.9. The van der Waals surface area contributed by atoms with Gasteiger partial charge in [-0.15, -0.1) is 0 Å². The van der Waals surface area contributed by atoms with Crippen molar-refractivity contribution in [2.24, 2.45) is 10.3 Å². The molecule has 0 aliphatic heterocycles. The summed E-state index contributed by atoms with van der Waals surface area (Å²) in [5.41, 5.74) is 0.338. The van der Waals surface area contributed by atoms with Crippen LogP contribution in [0.2, 0.25) is 10.0 Å². The van der Waals surface area contributed by atoms with Crippen molar-refractivity contribution in [2.45, 2.75) is 9.79 Å². The third kappa shape index (κ3) is 4.82. The number of thiocarbonyl (C=S) groups is 1. The molecule has 0 aliphatic carbocycles. The van der Waals surface area contributed by atoms with Crippen LogP contribution >= 0.6 is 35.4 Å². The van der Waals surface area contributed by atoms with E-state index in [-0.39, 0.29) is 10.8 Å². The topological polar surface area (TPSA) is 144 Å². The summed E-state index contributed by atoms with van der Waals surface area (Å²) >= 11 is 17.1. The number of hydrogen-bond donors (Lipinski definition) is 4. The first kappa shape index (κ1) is 20.8. The first-order valence-corrected chi connectivity index (χ1v) is 10.9. The highest BCUT2D eigenvalue weighted by molar-refractivity contribution is 7.90. The molecule has 0 amide bonds. The van der Waals surface area contributed by atoms with Gasteiger partial charge in [0, 0.05) is 5.69 Å². The standard InChI is InChI=1S/C13H12Cl2N4O4S3/c14-10-8(25(16,20)21)6-9(26(17,22)23)12(11(10)15)19-13(24)18-7-4-2-1-3-5-7/h1-6H,(H2,16,20,21)(H2,17,22,23)(H2,18,19,24). The molecule has 8 nitrogen and oxygen atoms in total. The lowest BCUT2D eigenvalue weighted by Crippen LogP contribution is -2.23. The van der Waals surface area contributed by atoms with Gasteiger partial charge in [-0.05, 0) is 30.4 Å². The monoisotopic (exact) mass is 454 g/mol. The van der Waals surface area contributed by atoms with Gasteiger partial charge in [0.15, 0.2) is 5.11 Å². The highest BCUT2D eigenvalue weighted by Crippen LogP contribution is 2.39. The fraction of sp³-hybridized carbons (Fsp3) is 0. The smallest absolute Gasteiger partial charge is 0.240 e. The summed E-state index contributed by atoms with van der Waals surface area (Å²) < 4.78 is 46.9. The van der Waals surface area contributed by atoms with E-state index in [1.165, 1.54) is 0 Å². The SMILES string of the molecule is NS(=O)(=O)c1cc(S(N)(=O)=O)c(NC(=S)Nc2ccccc2)c(Cl)c1Cl. The second-order valence-electron chi connectivity index (χ2n) is 4.91. The number of primary sulfonamides is 2. The highest BCUT2D eigenvalue weighted by atomic mass is 35.5. The number of hydrogen-bond acceptors (Lipinski definition) is 5. The van der Waals surface area contributed by atoms with Crippen LogP contribution < -0.4 is 20.9 Å². The lowest BCUT2D eigenvalue weighted by Gasteiger charge is -2.17. The predicted octanol–water partition coefficient (Wildman–Crippen LogP) is 2.10. The van der Waals surface area contributed by atoms with Gasteiger partial charge in [-0.3, -0.25) is 0 Å². The van der Waals surface area contributed by atoms with E-state index in [0.717, 1.165) is 0 Å². The molecule has 0 unspecified atom stereocenters. The van der Waals surface area contributed by atoms with E-state index in [1.54, 1.807) is 30.3 Å². The molecule has 0 fully saturated rings. The molecule has 2 aromatic rings. The fourth-order valence-electron chi connectivity index (χ4n) is 1.93. The van der Waals surface area contributed by atoms with Gasteiger partial charge in [0.1, 0.15) is 9.79 Å². The zero-order chi connectivity index (χ0) is 19.7. The van der Waals surface area contributed by atoms with Crippen LogP contribution in [-0.2, 0) is 20.0 Å². The molecular formula is C13H12Cl2N4O4S3. The van der Waals surface area contributed by atoms with Crippen LogP contribution in [0.25, 0.3) is 0 Å². The maximum Gasteiger partial charge on any atom is 0.240 e. The summed E-state index contributed by atoms with van der Waals surface area (Å²) in [5.74, 6) is 0. The molecule has 6 N–H and O–H groups in total. The van der Waals surface area contributed by atoms with Crippen molar-refractivity contribution in [3.8, 4) is 0 Å². The van der Waals surface area contributed by atoms with Crippen LogP contribution in [0.5, 0.6) is 0 Å². The Labute approximate surface area is 165 Å². The molecule has 0 aromatic heterocycles. The number of anilines is 2. The number of nitrogens with two attached hydrogens (primary N) is 2. The van der Waals surface area contributed by atoms with Crippen LogP contribution in [0.15, 0.2) is 46.2 Å². The van der Waals surface area contributed by atoms with E-state index in [9.17, 15) is 16.8 Å². The van der Waals surface area contributed by atoms with Crippen molar-refractivity contribution in [2.75, 3.05) is 10.6 Å². The number of benzene rings is 2. The van der Waals surface area contributed by atoms with E-state index in [1.807, 2.05) is 0 Å². The van der Waals surface area contributed by atoms with Gasteiger partial charge in [-0.1, -0.05) is 41.4 Å². The summed E-state index contributed by atoms with van der Waals surface area (Å²) in [6.07, 6.45) is 0. The number of rotatable bonds is 4. The first-order chi connectivity index (χ1) is 11.9. The minimum atomic E-state index is -4.39. The molecular weight excluding hydrogens is 443 g/mol. The van der Waals surface area contributed by atoms with Gasteiger partial charge in [0.25, 0.3) is 0 Å². The Balaban J connectivity index is 2.54. The van der Waals surface area contributed by atoms with E-state index >= 15 is 0 Å². The average Bonchev–Trinajstić information content (AvgIpc) is 2.50. The molecule has 0 saturated heterocycles. The lowest BCUT2D eigenvalue weighted by molar-refractivity contribution is 0.596. The fourth-order valence-corrected chi connectivity index (χ4v) is 4.41. The molecule has 0 radical (unpaired) electrons. The Bertz CT molecular complexity index is 1070. The first-order valence-electron chi connectivity index (χ1n) is 6.62. The molecule has 2 rings (SSSR count). The lowest BCUT2D eigenvalue weighted by atomic mass is 10.3. The molecule has 0 spiro atoms. The predicted molar refractivity (Wildman–Crippen MR) is 105 cm³/mol. The molecule has 0 atom stereocenters. The van der Waals surface area contributed by atoms with E-state index in [0.29, 0.717) is 11.8 Å². The summed E-state index contributed by atoms with van der Waals surface area (Å²) in [5, 5.41) is 14.6. The van der Waals surface area contributed by atoms with Crippen LogP contribution in [0.1, 0.15) is 0 Å². The van der Waals surface area contributed by atoms with Gasteiger partial charge in [0.2, 0.25) is 20.0 Å². The van der Waals surface area contributed by atoms with Gasteiger partial charge in [0.05, 0.1) is 15.7 Å². The zero-order valence-corrected chi connectivity index (χ0v) is 16.7. The van der Waals surface area contributed by atoms with E-state index in [2.05, 4.69) is 10.6 Å². The Hall–Kier alpha value is -1.47. The quantitative estimate of drug-likeness (QED) is 0.517. The van der Waals surface area contributed by atoms with Crippen molar-refractivity contribution >= 4 is 72.0 Å². The van der Waals surface area contributed by atoms with E-state index < -0.39 is 39.9 Å². The molecule has 2 aromatic carbocycles. The third-order valence-corrected chi connectivity index (χ3v) is 6.07. The van der Waals surface area contributed by atoms with Crippen molar-refractivity contribution in [1.29, 1.82) is 0 Å². The number of halogens is 2. The van der Waals surface area contributed by atoms with Crippen LogP contribution in [0.3, 0.4) is 0 Å². The van der Waals surface area contributed by atoms with Crippen LogP contribution in [-0.4, -0.2) is 21.9 Å². The van der Waals surface area contributed by atoms with Crippen LogP contribution in [0.4, 0.5) is 11.4 Å². The average molecular weight is 455 g/mol. The van der Waals surface area contributed by atoms with Crippen molar-refractivity contribution in [3.05, 3.63) is 46.4 Å². The highest BCUT2D eigenvalue weighted by Gasteiger charge is 2.27. The van der Waals surface area contributed by atoms with Crippen molar-refractivity contribution in [3.63, 3.8) is 0 Å². The summed E-state index contributed by atoms with van der Waals surface area (Å²) in [4.78, 5) is -1.31. The molecule has 26 heavy (non-hydrogen) atoms. The number of sulfonamides is 2. The van der Waals surface area contributed by atoms with Crippen molar-refractivity contribution < 1.29 is 16.8 Å². The van der Waals surface area contributed by atoms with Gasteiger partial charge >= 0.3 is 0 Å². The summed E-state index contributed by atoms with van der Waals surface area (Å²) in [6.45, 7) is 0. The third-order valence-electron chi connectivity index (χ3n) is 3.02. The second kappa shape index (κ2) is 7.64. The molecule has 0 aliphatic rings. The molecule has 0 heterocycles. The normalized spacial score (nSPS) is 11.8. The summed E-state index contributed by atoms with van der Waals surface area (Å²) in [6, 6.07) is 9.45. The Morgan fingerprint density at radius 3 is 1.92 bits per heavy atom. The van der Waals surface area contributed by atoms with Gasteiger partial charge in [-0.2, -0.15) is 0 Å². The van der Waals surface area contributed by atoms with E-state index in [4.69, 9.17) is 45.7 Å². The second-order valence-corrected chi connectivity index (χ2v) is 9.13. The zero-order valence-electron chi connectivity index (χ0n) is 12.7. The Morgan fingerprint density at radius 2 is 1.42 bits per heavy atom. The van der Waals surface area contributed by atoms with Gasteiger partial charge in [-0.25, -0.2) is 27.1 Å². The number of nitrogens with one attached hydrogen (secondary N) is 2. The molecule has 140 valence electrons. The largest absolute Gasteiger partial charge is 0.332 e. The van der Waals surface area contributed by atoms with Gasteiger partial charge < -0.3 is 10.6 Å². The maximum atomic E-state index is 11.9. The molecule has 0 saturated carbocycles. The van der Waals surface area contributed by atoms with Crippen molar-refractivity contribution in [1.82, 2.24) is 0 Å². The Kier molecular flexibility index (Phi) is 6.13. The number of para-hydroxylation sites is 1. The minimum Gasteiger partial charge on any atom is -0.332 e. The summed E-state index contributed by atoms with van der Waals surface area (Å²) in [7, 11) is -8.73. The van der Waals surface area contributed by atoms with Crippen LogP contribution in [0, 0.1) is 0 Å². The molecule has 13 heteroatoms. The Morgan fingerprint density at radius 1 is 0.885 bits per heavy atom. The minimum absolute atomic E-state index is 0.0255.